The standard InChI is InChI=1S/C13H13N5O/c1-7-3-4-9(6-15-7)5-10-8(2)16-13-12(11(10)14)17-19-18-13/h3-4,6H,5,14H2,1-2H3. The molecule has 0 bridgehead atoms. The molecule has 3 aromatic heterocycles. The van der Waals surface area contributed by atoms with Gasteiger partial charge in [-0.2, -0.15) is 0 Å². The molecular weight excluding hydrogens is 242 g/mol. The van der Waals surface area contributed by atoms with Crippen LogP contribution in [0.4, 0.5) is 5.69 Å². The van der Waals surface area contributed by atoms with Gasteiger partial charge in [-0.25, -0.2) is 9.61 Å². The smallest absolute Gasteiger partial charge is 0.226 e. The van der Waals surface area contributed by atoms with Crippen LogP contribution in [0.15, 0.2) is 23.0 Å². The van der Waals surface area contributed by atoms with E-state index in [-0.39, 0.29) is 0 Å². The van der Waals surface area contributed by atoms with Crippen molar-refractivity contribution in [3.8, 4) is 0 Å². The van der Waals surface area contributed by atoms with Crippen molar-refractivity contribution in [2.45, 2.75) is 20.3 Å². The first kappa shape index (κ1) is 11.6. The SMILES string of the molecule is Cc1ccc(Cc2c(C)nc3nonc3c2N)cn1. The summed E-state index contributed by atoms with van der Waals surface area (Å²) in [6.45, 7) is 3.86. The molecule has 3 rings (SSSR count). The second kappa shape index (κ2) is 4.31. The molecule has 0 radical (unpaired) electrons. The second-order valence-corrected chi connectivity index (χ2v) is 4.51. The predicted octanol–water partition coefficient (Wildman–Crippen LogP) is 1.80. The first-order valence-corrected chi connectivity index (χ1v) is 5.94. The minimum absolute atomic E-state index is 0.445. The Morgan fingerprint density at radius 3 is 2.79 bits per heavy atom. The number of aryl methyl sites for hydroxylation is 2. The number of fused-ring (bicyclic) bond motifs is 1. The zero-order chi connectivity index (χ0) is 13.4. The molecule has 0 unspecified atom stereocenters. The second-order valence-electron chi connectivity index (χ2n) is 4.51. The van der Waals surface area contributed by atoms with Crippen molar-refractivity contribution in [1.82, 2.24) is 20.3 Å². The van der Waals surface area contributed by atoms with Crippen LogP contribution in [0, 0.1) is 13.8 Å². The molecule has 19 heavy (non-hydrogen) atoms. The minimum Gasteiger partial charge on any atom is -0.396 e. The molecule has 96 valence electrons. The van der Waals surface area contributed by atoms with Crippen molar-refractivity contribution in [3.63, 3.8) is 0 Å². The van der Waals surface area contributed by atoms with E-state index >= 15 is 0 Å². The van der Waals surface area contributed by atoms with Gasteiger partial charge in [0.25, 0.3) is 0 Å². The molecule has 0 spiro atoms. The maximum absolute atomic E-state index is 6.12. The molecule has 0 aromatic carbocycles. The summed E-state index contributed by atoms with van der Waals surface area (Å²) >= 11 is 0. The van der Waals surface area contributed by atoms with E-state index in [4.69, 9.17) is 5.73 Å². The summed E-state index contributed by atoms with van der Waals surface area (Å²) < 4.78 is 4.67. The van der Waals surface area contributed by atoms with Crippen LogP contribution in [-0.4, -0.2) is 20.3 Å². The van der Waals surface area contributed by atoms with Gasteiger partial charge >= 0.3 is 0 Å². The topological polar surface area (TPSA) is 90.7 Å². The van der Waals surface area contributed by atoms with Crippen molar-refractivity contribution in [1.29, 1.82) is 0 Å². The molecule has 2 N–H and O–H groups in total. The summed E-state index contributed by atoms with van der Waals surface area (Å²) in [5.74, 6) is 0. The molecule has 0 aliphatic carbocycles. The lowest BCUT2D eigenvalue weighted by molar-refractivity contribution is 0.315. The molecule has 0 aliphatic rings. The van der Waals surface area contributed by atoms with Crippen molar-refractivity contribution in [3.05, 3.63) is 40.8 Å². The van der Waals surface area contributed by atoms with Gasteiger partial charge in [-0.3, -0.25) is 4.98 Å². The van der Waals surface area contributed by atoms with Gasteiger partial charge in [0.1, 0.15) is 0 Å². The van der Waals surface area contributed by atoms with Gasteiger partial charge in [-0.05, 0) is 35.8 Å². The lowest BCUT2D eigenvalue weighted by atomic mass is 10.0. The van der Waals surface area contributed by atoms with Crippen LogP contribution in [0.5, 0.6) is 0 Å². The van der Waals surface area contributed by atoms with Crippen LogP contribution in [0.1, 0.15) is 22.5 Å². The van der Waals surface area contributed by atoms with Gasteiger partial charge in [0.2, 0.25) is 5.65 Å². The summed E-state index contributed by atoms with van der Waals surface area (Å²) in [5.41, 5.74) is 11.5. The van der Waals surface area contributed by atoms with Gasteiger partial charge in [-0.1, -0.05) is 6.07 Å². The molecule has 0 atom stereocenters. The lowest BCUT2D eigenvalue weighted by Gasteiger charge is -2.08. The molecule has 6 heteroatoms. The van der Waals surface area contributed by atoms with E-state index in [0.29, 0.717) is 23.3 Å². The van der Waals surface area contributed by atoms with Crippen LogP contribution in [0.25, 0.3) is 11.2 Å². The Balaban J connectivity index is 2.06. The van der Waals surface area contributed by atoms with E-state index in [2.05, 4.69) is 24.9 Å². The van der Waals surface area contributed by atoms with Gasteiger partial charge in [-0.15, -0.1) is 0 Å². The number of nitrogens with two attached hydrogens (primary N) is 1. The molecule has 3 heterocycles. The molecule has 0 saturated carbocycles. The normalized spacial score (nSPS) is 11.1. The molecule has 6 nitrogen and oxygen atoms in total. The fourth-order valence-electron chi connectivity index (χ4n) is 2.02. The van der Waals surface area contributed by atoms with Crippen molar-refractivity contribution >= 4 is 16.9 Å². The zero-order valence-corrected chi connectivity index (χ0v) is 10.7. The van der Waals surface area contributed by atoms with E-state index in [1.165, 1.54) is 0 Å². The third-order valence-electron chi connectivity index (χ3n) is 3.12. The number of pyridine rings is 2. The van der Waals surface area contributed by atoms with E-state index in [1.807, 2.05) is 32.2 Å². The van der Waals surface area contributed by atoms with Gasteiger partial charge in [0.15, 0.2) is 5.52 Å². The summed E-state index contributed by atoms with van der Waals surface area (Å²) in [6.07, 6.45) is 2.51. The van der Waals surface area contributed by atoms with Gasteiger partial charge in [0, 0.05) is 29.6 Å². The van der Waals surface area contributed by atoms with Gasteiger partial charge < -0.3 is 5.73 Å². The van der Waals surface area contributed by atoms with Crippen molar-refractivity contribution in [2.24, 2.45) is 0 Å². The number of nitrogen functional groups attached to an aromatic ring is 1. The van der Waals surface area contributed by atoms with E-state index < -0.39 is 0 Å². The maximum Gasteiger partial charge on any atom is 0.226 e. The Morgan fingerprint density at radius 1 is 1.21 bits per heavy atom. The number of rotatable bonds is 2. The summed E-state index contributed by atoms with van der Waals surface area (Å²) in [7, 11) is 0. The van der Waals surface area contributed by atoms with Crippen LogP contribution < -0.4 is 5.73 Å². The number of anilines is 1. The van der Waals surface area contributed by atoms with Crippen LogP contribution >= 0.6 is 0 Å². The van der Waals surface area contributed by atoms with Crippen LogP contribution in [-0.2, 0) is 6.42 Å². The highest BCUT2D eigenvalue weighted by atomic mass is 16.6. The minimum atomic E-state index is 0.445. The molecule has 0 fully saturated rings. The average molecular weight is 255 g/mol. The highest BCUT2D eigenvalue weighted by Gasteiger charge is 2.14. The summed E-state index contributed by atoms with van der Waals surface area (Å²) in [6, 6.07) is 4.01. The highest BCUT2D eigenvalue weighted by Crippen LogP contribution is 2.25. The summed E-state index contributed by atoms with van der Waals surface area (Å²) in [4.78, 5) is 8.62. The Bertz CT molecular complexity index is 733. The first-order chi connectivity index (χ1) is 9.15. The Labute approximate surface area is 109 Å². The Hall–Kier alpha value is -2.50. The third-order valence-corrected chi connectivity index (χ3v) is 3.12. The first-order valence-electron chi connectivity index (χ1n) is 5.94. The number of nitrogens with zero attached hydrogens (tertiary/aromatic N) is 4. The predicted molar refractivity (Wildman–Crippen MR) is 70.5 cm³/mol. The maximum atomic E-state index is 6.12. The number of hydrogen-bond donors (Lipinski definition) is 1. The van der Waals surface area contributed by atoms with Crippen LogP contribution in [0.2, 0.25) is 0 Å². The number of hydrogen-bond acceptors (Lipinski definition) is 6. The monoisotopic (exact) mass is 255 g/mol. The fourth-order valence-corrected chi connectivity index (χ4v) is 2.02. The van der Waals surface area contributed by atoms with Gasteiger partial charge in [0.05, 0.1) is 5.69 Å². The highest BCUT2D eigenvalue weighted by molar-refractivity contribution is 5.85. The van der Waals surface area contributed by atoms with E-state index in [9.17, 15) is 0 Å². The van der Waals surface area contributed by atoms with Crippen molar-refractivity contribution < 1.29 is 4.63 Å². The molecular formula is C13H13N5O. The average Bonchev–Trinajstić information content (AvgIpc) is 2.85. The quantitative estimate of drug-likeness (QED) is 0.750. The Morgan fingerprint density at radius 2 is 2.05 bits per heavy atom. The zero-order valence-electron chi connectivity index (χ0n) is 10.7. The molecule has 0 amide bonds. The molecule has 3 aromatic rings. The largest absolute Gasteiger partial charge is 0.396 e. The Kier molecular flexibility index (Phi) is 2.63. The van der Waals surface area contributed by atoms with E-state index in [0.717, 1.165) is 22.5 Å². The number of aromatic nitrogens is 4. The third kappa shape index (κ3) is 2.01. The molecule has 0 aliphatic heterocycles. The lowest BCUT2D eigenvalue weighted by Crippen LogP contribution is -2.03. The molecule has 0 saturated heterocycles. The summed E-state index contributed by atoms with van der Waals surface area (Å²) in [5, 5.41) is 7.50. The van der Waals surface area contributed by atoms with E-state index in [1.54, 1.807) is 0 Å². The van der Waals surface area contributed by atoms with Crippen molar-refractivity contribution in [2.75, 3.05) is 5.73 Å². The fraction of sp³-hybridized carbons (Fsp3) is 0.231. The van der Waals surface area contributed by atoms with Crippen LogP contribution in [0.3, 0.4) is 0 Å².